The van der Waals surface area contributed by atoms with Crippen LogP contribution in [0.1, 0.15) is 0 Å². The van der Waals surface area contributed by atoms with E-state index in [1.807, 2.05) is 36.2 Å². The number of hydrogen-bond donors (Lipinski definition) is 0. The van der Waals surface area contributed by atoms with Crippen molar-refractivity contribution in [2.45, 2.75) is 4.90 Å². The van der Waals surface area contributed by atoms with Gasteiger partial charge < -0.3 is 4.90 Å². The largest absolute Gasteiger partial charge is 0.337 e. The first-order chi connectivity index (χ1) is 15.4. The number of nitrogens with zero attached hydrogens (tertiary/aromatic N) is 3. The second-order valence-electron chi connectivity index (χ2n) is 7.00. The monoisotopic (exact) mass is 501 g/mol. The molecule has 0 bridgehead atoms. The molecule has 0 atom stereocenters. The Morgan fingerprint density at radius 2 is 1.69 bits per heavy atom. The lowest BCUT2D eigenvalue weighted by Gasteiger charge is -2.17. The average Bonchev–Trinajstić information content (AvgIpc) is 3.25. The lowest BCUT2D eigenvalue weighted by Crippen LogP contribution is -2.29. The van der Waals surface area contributed by atoms with Crippen LogP contribution in [-0.2, 0) is 4.79 Å². The molecule has 2 heterocycles. The molecule has 0 aromatic heterocycles. The summed E-state index contributed by atoms with van der Waals surface area (Å²) in [5.74, 6) is -0.603. The van der Waals surface area contributed by atoms with Crippen molar-refractivity contribution in [2.24, 2.45) is 4.99 Å². The smallest absolute Gasteiger partial charge is 0.274 e. The average molecular weight is 502 g/mol. The molecule has 0 saturated carbocycles. The quantitative estimate of drug-likeness (QED) is 0.344. The van der Waals surface area contributed by atoms with Crippen LogP contribution in [0, 0.1) is 5.82 Å². The second-order valence-corrected chi connectivity index (χ2v) is 9.88. The van der Waals surface area contributed by atoms with Gasteiger partial charge >= 0.3 is 0 Å². The summed E-state index contributed by atoms with van der Waals surface area (Å²) in [5, 5.41) is 2.44. The molecule has 0 aliphatic carbocycles. The first-order valence-electron chi connectivity index (χ1n) is 9.48. The second kappa shape index (κ2) is 8.48. The molecular formula is C23H14Cl2FN3OS2. The number of anilines is 2. The molecule has 4 nitrogen and oxygen atoms in total. The van der Waals surface area contributed by atoms with Crippen LogP contribution >= 0.6 is 46.7 Å². The lowest BCUT2D eigenvalue weighted by molar-refractivity contribution is -0.113. The standard InChI is InChI=1S/C23H14Cl2FN3OS2/c1-28-18-12-14(25)5-10-19(18)31-22(28)20-21(30)29(17-8-6-15(26)7-9-17)23(32-20)27-16-4-2-3-13(24)11-16/h2-12H,1H3/b22-20-,27-23?. The number of carbonyl (C=O) groups is 1. The normalized spacial score (nSPS) is 19.2. The summed E-state index contributed by atoms with van der Waals surface area (Å²) >= 11 is 15.1. The Hall–Kier alpha value is -2.45. The molecular weight excluding hydrogens is 488 g/mol. The van der Waals surface area contributed by atoms with Gasteiger partial charge in [0.05, 0.1) is 22.1 Å². The minimum Gasteiger partial charge on any atom is -0.337 e. The highest BCUT2D eigenvalue weighted by molar-refractivity contribution is 8.20. The zero-order valence-electron chi connectivity index (χ0n) is 16.6. The first-order valence-corrected chi connectivity index (χ1v) is 11.9. The van der Waals surface area contributed by atoms with E-state index >= 15 is 0 Å². The van der Waals surface area contributed by atoms with Crippen molar-refractivity contribution >= 4 is 74.9 Å². The summed E-state index contributed by atoms with van der Waals surface area (Å²) in [4.78, 5) is 23.3. The Labute approximate surface area is 202 Å². The molecule has 9 heteroatoms. The van der Waals surface area contributed by atoms with Crippen LogP contribution in [0.25, 0.3) is 0 Å². The third-order valence-electron chi connectivity index (χ3n) is 4.89. The van der Waals surface area contributed by atoms with Gasteiger partial charge in [0, 0.05) is 22.0 Å². The molecule has 2 aliphatic heterocycles. The maximum absolute atomic E-state index is 13.6. The highest BCUT2D eigenvalue weighted by atomic mass is 35.5. The van der Waals surface area contributed by atoms with Crippen molar-refractivity contribution in [3.05, 3.63) is 92.5 Å². The van der Waals surface area contributed by atoms with Crippen LogP contribution in [0.3, 0.4) is 0 Å². The third-order valence-corrected chi connectivity index (χ3v) is 7.75. The van der Waals surface area contributed by atoms with Crippen molar-refractivity contribution < 1.29 is 9.18 Å². The zero-order chi connectivity index (χ0) is 22.4. The van der Waals surface area contributed by atoms with Gasteiger partial charge in [0.1, 0.15) is 10.7 Å². The van der Waals surface area contributed by atoms with Crippen molar-refractivity contribution in [3.63, 3.8) is 0 Å². The van der Waals surface area contributed by atoms with Crippen LogP contribution in [0.4, 0.5) is 21.5 Å². The zero-order valence-corrected chi connectivity index (χ0v) is 19.7. The molecule has 32 heavy (non-hydrogen) atoms. The molecule has 0 unspecified atom stereocenters. The van der Waals surface area contributed by atoms with Crippen LogP contribution < -0.4 is 9.80 Å². The van der Waals surface area contributed by atoms with Crippen molar-refractivity contribution in [1.29, 1.82) is 0 Å². The number of halogens is 3. The molecule has 5 rings (SSSR count). The Bertz CT molecular complexity index is 1310. The molecule has 0 N–H and O–H groups in total. The van der Waals surface area contributed by atoms with Gasteiger partial charge in [-0.1, -0.05) is 41.0 Å². The Morgan fingerprint density at radius 3 is 2.44 bits per heavy atom. The van der Waals surface area contributed by atoms with Crippen LogP contribution in [0.15, 0.2) is 86.6 Å². The fourth-order valence-electron chi connectivity index (χ4n) is 3.37. The number of amides is 1. The van der Waals surface area contributed by atoms with Gasteiger partial charge in [0.2, 0.25) is 0 Å². The van der Waals surface area contributed by atoms with Gasteiger partial charge in [-0.05, 0) is 72.4 Å². The van der Waals surface area contributed by atoms with Crippen LogP contribution in [-0.4, -0.2) is 18.1 Å². The molecule has 160 valence electrons. The van der Waals surface area contributed by atoms with Crippen LogP contribution in [0.2, 0.25) is 10.0 Å². The molecule has 3 aromatic rings. The molecule has 0 radical (unpaired) electrons. The number of thioether (sulfide) groups is 2. The van der Waals surface area contributed by atoms with E-state index < -0.39 is 0 Å². The summed E-state index contributed by atoms with van der Waals surface area (Å²) < 4.78 is 13.5. The molecule has 1 saturated heterocycles. The van der Waals surface area contributed by atoms with Gasteiger partial charge in [-0.15, -0.1) is 0 Å². The number of benzene rings is 3. The van der Waals surface area contributed by atoms with Crippen molar-refractivity contribution in [1.82, 2.24) is 0 Å². The van der Waals surface area contributed by atoms with Crippen molar-refractivity contribution in [3.8, 4) is 0 Å². The number of rotatable bonds is 2. The molecule has 0 spiro atoms. The number of hydrogen-bond acceptors (Lipinski definition) is 5. The summed E-state index contributed by atoms with van der Waals surface area (Å²) in [6.07, 6.45) is 0. The molecule has 3 aromatic carbocycles. The minimum atomic E-state index is -0.377. The number of fused-ring (bicyclic) bond motifs is 1. The topological polar surface area (TPSA) is 35.9 Å². The Kier molecular flexibility index (Phi) is 5.67. The number of carbonyl (C=O) groups excluding carboxylic acids is 1. The van der Waals surface area contributed by atoms with E-state index in [0.717, 1.165) is 15.6 Å². The molecule has 1 amide bonds. The highest BCUT2D eigenvalue weighted by Gasteiger charge is 2.40. The summed E-state index contributed by atoms with van der Waals surface area (Å²) in [6, 6.07) is 18.5. The minimum absolute atomic E-state index is 0.226. The van der Waals surface area contributed by atoms with E-state index in [1.54, 1.807) is 30.3 Å². The lowest BCUT2D eigenvalue weighted by atomic mass is 10.2. The summed E-state index contributed by atoms with van der Waals surface area (Å²) in [6.45, 7) is 0. The predicted octanol–water partition coefficient (Wildman–Crippen LogP) is 7.31. The van der Waals surface area contributed by atoms with E-state index in [-0.39, 0.29) is 11.7 Å². The maximum atomic E-state index is 13.6. The SMILES string of the molecule is CN1/C(=C2/SC(=Nc3cccc(Cl)c3)N(c3ccc(F)cc3)C2=O)Sc2ccc(Cl)cc21. The van der Waals surface area contributed by atoms with E-state index in [0.29, 0.717) is 31.5 Å². The van der Waals surface area contributed by atoms with Crippen molar-refractivity contribution in [2.75, 3.05) is 16.8 Å². The van der Waals surface area contributed by atoms with Gasteiger partial charge in [0.15, 0.2) is 5.17 Å². The fourth-order valence-corrected chi connectivity index (χ4v) is 6.05. The Morgan fingerprint density at radius 1 is 0.938 bits per heavy atom. The summed E-state index contributed by atoms with van der Waals surface area (Å²) in [5.41, 5.74) is 2.09. The maximum Gasteiger partial charge on any atom is 0.274 e. The Balaban J connectivity index is 1.61. The van der Waals surface area contributed by atoms with E-state index in [2.05, 4.69) is 4.99 Å². The first kappa shape index (κ1) is 21.4. The third kappa shape index (κ3) is 3.90. The van der Waals surface area contributed by atoms with Gasteiger partial charge in [-0.3, -0.25) is 9.69 Å². The number of aliphatic imine (C=N–C) groups is 1. The fraction of sp³-hybridized carbons (Fsp3) is 0.0435. The van der Waals surface area contributed by atoms with Gasteiger partial charge in [-0.2, -0.15) is 0 Å². The highest BCUT2D eigenvalue weighted by Crippen LogP contribution is 2.51. The summed E-state index contributed by atoms with van der Waals surface area (Å²) in [7, 11) is 1.90. The molecule has 2 aliphatic rings. The van der Waals surface area contributed by atoms with Crippen LogP contribution in [0.5, 0.6) is 0 Å². The van der Waals surface area contributed by atoms with Gasteiger partial charge in [0.25, 0.3) is 5.91 Å². The van der Waals surface area contributed by atoms with E-state index in [4.69, 9.17) is 23.2 Å². The van der Waals surface area contributed by atoms with E-state index in [9.17, 15) is 9.18 Å². The predicted molar refractivity (Wildman–Crippen MR) is 133 cm³/mol. The van der Waals surface area contributed by atoms with E-state index in [1.165, 1.54) is 40.6 Å². The van der Waals surface area contributed by atoms with Gasteiger partial charge in [-0.25, -0.2) is 9.38 Å². The molecule has 1 fully saturated rings. The number of amidine groups is 1.